The molecule has 1 rings (SSSR count). The van der Waals surface area contributed by atoms with Crippen LogP contribution < -0.4 is 5.32 Å². The third-order valence-corrected chi connectivity index (χ3v) is 5.17. The molecule has 0 unspecified atom stereocenters. The predicted molar refractivity (Wildman–Crippen MR) is 84.7 cm³/mol. The van der Waals surface area contributed by atoms with Gasteiger partial charge in [0.15, 0.2) is 0 Å². The van der Waals surface area contributed by atoms with E-state index in [2.05, 4.69) is 5.32 Å². The molecule has 1 aromatic carbocycles. The van der Waals surface area contributed by atoms with Gasteiger partial charge in [0, 0.05) is 18.8 Å². The molecule has 0 saturated heterocycles. The van der Waals surface area contributed by atoms with Gasteiger partial charge < -0.3 is 5.32 Å². The fourth-order valence-corrected chi connectivity index (χ4v) is 3.42. The van der Waals surface area contributed by atoms with Crippen LogP contribution in [0, 0.1) is 6.92 Å². The van der Waals surface area contributed by atoms with E-state index in [4.69, 9.17) is 0 Å². The molecule has 0 heterocycles. The maximum Gasteiger partial charge on any atom is 0.248 e. The highest BCUT2D eigenvalue weighted by Gasteiger charge is 2.22. The Balaban J connectivity index is 3.20. The summed E-state index contributed by atoms with van der Waals surface area (Å²) in [6.07, 6.45) is 3.02. The molecule has 0 saturated carbocycles. The minimum Gasteiger partial charge on any atom is -0.322 e. The van der Waals surface area contributed by atoms with E-state index in [9.17, 15) is 13.2 Å². The van der Waals surface area contributed by atoms with Gasteiger partial charge in [0.05, 0.1) is 4.90 Å². The molecule has 21 heavy (non-hydrogen) atoms. The van der Waals surface area contributed by atoms with Crippen molar-refractivity contribution >= 4 is 21.6 Å². The van der Waals surface area contributed by atoms with Crippen LogP contribution in [0.2, 0.25) is 0 Å². The summed E-state index contributed by atoms with van der Waals surface area (Å²) in [6, 6.07) is 4.76. The fraction of sp³-hybridized carbons (Fsp3) is 0.400. The van der Waals surface area contributed by atoms with Gasteiger partial charge >= 0.3 is 0 Å². The second-order valence-corrected chi connectivity index (χ2v) is 6.49. The highest BCUT2D eigenvalue weighted by atomic mass is 32.2. The van der Waals surface area contributed by atoms with Gasteiger partial charge in [-0.2, -0.15) is 4.31 Å². The number of nitrogens with one attached hydrogen (secondary N) is 1. The predicted octanol–water partition coefficient (Wildman–Crippen LogP) is 2.54. The van der Waals surface area contributed by atoms with Crippen LogP contribution in [0.15, 0.2) is 35.2 Å². The third-order valence-electron chi connectivity index (χ3n) is 3.13. The molecule has 0 bridgehead atoms. The Morgan fingerprint density at radius 2 is 1.90 bits per heavy atom. The number of aryl methyl sites for hydroxylation is 1. The van der Waals surface area contributed by atoms with Gasteiger partial charge in [-0.3, -0.25) is 4.79 Å². The molecular formula is C15H22N2O3S. The Hall–Kier alpha value is -1.66. The number of hydrogen-bond donors (Lipinski definition) is 1. The van der Waals surface area contributed by atoms with E-state index in [0.717, 1.165) is 5.56 Å². The molecule has 0 aliphatic carbocycles. The van der Waals surface area contributed by atoms with E-state index in [1.165, 1.54) is 16.4 Å². The average Bonchev–Trinajstić information content (AvgIpc) is 2.42. The van der Waals surface area contributed by atoms with Crippen molar-refractivity contribution in [1.82, 2.24) is 4.31 Å². The molecule has 1 N–H and O–H groups in total. The van der Waals surface area contributed by atoms with Crippen molar-refractivity contribution in [3.8, 4) is 0 Å². The molecule has 1 amide bonds. The number of benzene rings is 1. The zero-order chi connectivity index (χ0) is 16.0. The monoisotopic (exact) mass is 310 g/mol. The van der Waals surface area contributed by atoms with E-state index in [1.54, 1.807) is 39.0 Å². The lowest BCUT2D eigenvalue weighted by molar-refractivity contribution is -0.111. The summed E-state index contributed by atoms with van der Waals surface area (Å²) < 4.78 is 26.3. The van der Waals surface area contributed by atoms with Crippen molar-refractivity contribution in [3.05, 3.63) is 35.9 Å². The van der Waals surface area contributed by atoms with Crippen LogP contribution in [0.5, 0.6) is 0 Å². The highest BCUT2D eigenvalue weighted by Crippen LogP contribution is 2.23. The van der Waals surface area contributed by atoms with E-state index < -0.39 is 10.0 Å². The zero-order valence-corrected chi connectivity index (χ0v) is 13.7. The maximum absolute atomic E-state index is 12.5. The maximum atomic E-state index is 12.5. The molecule has 0 aliphatic heterocycles. The lowest BCUT2D eigenvalue weighted by Crippen LogP contribution is -2.30. The number of hydrogen-bond acceptors (Lipinski definition) is 3. The average molecular weight is 310 g/mol. The quantitative estimate of drug-likeness (QED) is 0.821. The number of allylic oxidation sites excluding steroid dienone is 1. The minimum atomic E-state index is -3.52. The van der Waals surface area contributed by atoms with E-state index in [1.807, 2.05) is 6.92 Å². The van der Waals surface area contributed by atoms with Crippen LogP contribution in [0.25, 0.3) is 0 Å². The van der Waals surface area contributed by atoms with Crippen molar-refractivity contribution < 1.29 is 13.2 Å². The summed E-state index contributed by atoms with van der Waals surface area (Å²) in [5.74, 6) is -0.280. The van der Waals surface area contributed by atoms with E-state index in [-0.39, 0.29) is 10.8 Å². The second-order valence-electron chi connectivity index (χ2n) is 4.56. The largest absolute Gasteiger partial charge is 0.322 e. The minimum absolute atomic E-state index is 0.188. The Labute approximate surface area is 126 Å². The first-order chi connectivity index (χ1) is 9.86. The number of sulfonamides is 1. The molecule has 5 nitrogen and oxygen atoms in total. The van der Waals surface area contributed by atoms with Crippen LogP contribution >= 0.6 is 0 Å². The summed E-state index contributed by atoms with van der Waals surface area (Å²) in [5, 5.41) is 2.69. The van der Waals surface area contributed by atoms with E-state index in [0.29, 0.717) is 18.8 Å². The molecule has 0 fully saturated rings. The van der Waals surface area contributed by atoms with Crippen LogP contribution in [-0.2, 0) is 14.8 Å². The van der Waals surface area contributed by atoms with Crippen molar-refractivity contribution in [2.75, 3.05) is 18.4 Å². The topological polar surface area (TPSA) is 66.5 Å². The molecule has 0 atom stereocenters. The van der Waals surface area contributed by atoms with Gasteiger partial charge in [0.2, 0.25) is 15.9 Å². The van der Waals surface area contributed by atoms with Gasteiger partial charge in [0.25, 0.3) is 0 Å². The summed E-state index contributed by atoms with van der Waals surface area (Å²) in [6.45, 7) is 7.97. The Kier molecular flexibility index (Phi) is 6.11. The number of carbonyl (C=O) groups is 1. The Bertz CT molecular complexity index is 632. The lowest BCUT2D eigenvalue weighted by atomic mass is 10.2. The SMILES string of the molecule is C/C=C/C(=O)Nc1cc(S(=O)(=O)N(CC)CC)ccc1C. The Morgan fingerprint density at radius 1 is 1.29 bits per heavy atom. The van der Waals surface area contributed by atoms with Crippen molar-refractivity contribution in [2.24, 2.45) is 0 Å². The smallest absolute Gasteiger partial charge is 0.248 e. The van der Waals surface area contributed by atoms with Gasteiger partial charge in [0.1, 0.15) is 0 Å². The molecule has 0 aliphatic rings. The van der Waals surface area contributed by atoms with Crippen molar-refractivity contribution in [1.29, 1.82) is 0 Å². The Morgan fingerprint density at radius 3 is 2.43 bits per heavy atom. The van der Waals surface area contributed by atoms with Gasteiger partial charge in [-0.25, -0.2) is 8.42 Å². The number of anilines is 1. The lowest BCUT2D eigenvalue weighted by Gasteiger charge is -2.19. The molecule has 116 valence electrons. The number of rotatable bonds is 6. The summed E-state index contributed by atoms with van der Waals surface area (Å²) >= 11 is 0. The second kappa shape index (κ2) is 7.38. The molecule has 0 radical (unpaired) electrons. The molecule has 6 heteroatoms. The van der Waals surface area contributed by atoms with Crippen molar-refractivity contribution in [3.63, 3.8) is 0 Å². The first-order valence-corrected chi connectivity index (χ1v) is 8.35. The van der Waals surface area contributed by atoms with E-state index >= 15 is 0 Å². The van der Waals surface area contributed by atoms with Crippen LogP contribution in [0.1, 0.15) is 26.3 Å². The summed E-state index contributed by atoms with van der Waals surface area (Å²) in [7, 11) is -3.52. The van der Waals surface area contributed by atoms with Gasteiger partial charge in [-0.15, -0.1) is 0 Å². The summed E-state index contributed by atoms with van der Waals surface area (Å²) in [5.41, 5.74) is 1.32. The first-order valence-electron chi connectivity index (χ1n) is 6.91. The third kappa shape index (κ3) is 4.15. The standard InChI is InChI=1S/C15H22N2O3S/c1-5-8-15(18)16-14-11-13(10-9-12(14)4)21(19,20)17(6-2)7-3/h5,8-11H,6-7H2,1-4H3,(H,16,18)/b8-5+. The van der Waals surface area contributed by atoms with Crippen molar-refractivity contribution in [2.45, 2.75) is 32.6 Å². The van der Waals surface area contributed by atoms with Crippen LogP contribution in [-0.4, -0.2) is 31.7 Å². The first kappa shape index (κ1) is 17.4. The number of nitrogens with zero attached hydrogens (tertiary/aromatic N) is 1. The molecule has 1 aromatic rings. The normalized spacial score (nSPS) is 12.0. The molecule has 0 aromatic heterocycles. The van der Waals surface area contributed by atoms with Crippen LogP contribution in [0.4, 0.5) is 5.69 Å². The van der Waals surface area contributed by atoms with Gasteiger partial charge in [-0.1, -0.05) is 26.0 Å². The van der Waals surface area contributed by atoms with Gasteiger partial charge in [-0.05, 0) is 37.6 Å². The van der Waals surface area contributed by atoms with Crippen LogP contribution in [0.3, 0.4) is 0 Å². The molecular weight excluding hydrogens is 288 g/mol. The highest BCUT2D eigenvalue weighted by molar-refractivity contribution is 7.89. The fourth-order valence-electron chi connectivity index (χ4n) is 1.93. The molecule has 0 spiro atoms. The zero-order valence-electron chi connectivity index (χ0n) is 12.9. The number of carbonyl (C=O) groups excluding carboxylic acids is 1. The summed E-state index contributed by atoms with van der Waals surface area (Å²) in [4.78, 5) is 11.8. The number of amides is 1.